The Kier molecular flexibility index (Phi) is 4.28. The summed E-state index contributed by atoms with van der Waals surface area (Å²) in [6.45, 7) is -0.817. The molecule has 0 saturated heterocycles. The molecule has 0 spiro atoms. The van der Waals surface area contributed by atoms with Crippen LogP contribution in [0, 0.1) is 0 Å². The zero-order valence-corrected chi connectivity index (χ0v) is 10.0. The van der Waals surface area contributed by atoms with Crippen molar-refractivity contribution in [2.45, 2.75) is 11.1 Å². The number of nitrogens with zero attached hydrogens (tertiary/aromatic N) is 2. The molecule has 0 aromatic carbocycles. The smallest absolute Gasteiger partial charge is 0.259 e. The molecule has 0 saturated carbocycles. The summed E-state index contributed by atoms with van der Waals surface area (Å²) in [6.07, 6.45) is 0.0558. The first-order valence-corrected chi connectivity index (χ1v) is 6.20. The van der Waals surface area contributed by atoms with Gasteiger partial charge in [-0.1, -0.05) is 11.6 Å². The lowest BCUT2D eigenvalue weighted by atomic mass is 10.4. The quantitative estimate of drug-likeness (QED) is 0.617. The van der Waals surface area contributed by atoms with Crippen molar-refractivity contribution in [3.63, 3.8) is 0 Å². The second-order valence-electron chi connectivity index (χ2n) is 3.11. The minimum Gasteiger partial charge on any atom is -0.394 e. The molecule has 0 radical (unpaired) electrons. The maximum Gasteiger partial charge on any atom is 0.259 e. The number of sulfonamides is 1. The van der Waals surface area contributed by atoms with Crippen molar-refractivity contribution in [3.05, 3.63) is 11.2 Å². The van der Waals surface area contributed by atoms with Crippen LogP contribution < -0.4 is 4.72 Å². The molecule has 0 aliphatic carbocycles. The molecule has 1 heterocycles. The fourth-order valence-corrected chi connectivity index (χ4v) is 2.76. The predicted octanol–water partition coefficient (Wildman–Crippen LogP) is -1.30. The van der Waals surface area contributed by atoms with E-state index in [4.69, 9.17) is 21.8 Å². The molecule has 0 amide bonds. The number of aryl methyl sites for hydroxylation is 1. The Bertz CT molecular complexity index is 439. The van der Waals surface area contributed by atoms with Crippen molar-refractivity contribution in [1.82, 2.24) is 14.5 Å². The minimum absolute atomic E-state index is 0.00603. The number of hydrogen-bond acceptors (Lipinski definition) is 5. The molecule has 92 valence electrons. The van der Waals surface area contributed by atoms with Gasteiger partial charge >= 0.3 is 0 Å². The predicted molar refractivity (Wildman–Crippen MR) is 56.5 cm³/mol. The highest BCUT2D eigenvalue weighted by Gasteiger charge is 2.23. The van der Waals surface area contributed by atoms with Crippen LogP contribution in [0.3, 0.4) is 0 Å². The zero-order valence-electron chi connectivity index (χ0n) is 8.46. The van der Waals surface area contributed by atoms with Gasteiger partial charge in [-0.25, -0.2) is 13.1 Å². The van der Waals surface area contributed by atoms with E-state index in [1.54, 1.807) is 0 Å². The summed E-state index contributed by atoms with van der Waals surface area (Å²) in [5, 5.41) is 21.1. The van der Waals surface area contributed by atoms with Crippen molar-refractivity contribution in [2.75, 3.05) is 13.2 Å². The largest absolute Gasteiger partial charge is 0.394 e. The lowest BCUT2D eigenvalue weighted by Crippen LogP contribution is -2.34. The molecule has 1 aromatic heterocycles. The Morgan fingerprint density at radius 1 is 1.69 bits per heavy atom. The second kappa shape index (κ2) is 5.11. The first-order valence-electron chi connectivity index (χ1n) is 4.34. The van der Waals surface area contributed by atoms with Crippen LogP contribution >= 0.6 is 11.6 Å². The minimum atomic E-state index is -3.84. The lowest BCUT2D eigenvalue weighted by Gasteiger charge is -2.10. The van der Waals surface area contributed by atoms with E-state index in [1.807, 2.05) is 0 Å². The summed E-state index contributed by atoms with van der Waals surface area (Å²) in [6, 6.07) is 0. The summed E-state index contributed by atoms with van der Waals surface area (Å²) in [7, 11) is -2.40. The van der Waals surface area contributed by atoms with Crippen LogP contribution in [0.25, 0.3) is 0 Å². The SMILES string of the molecule is Cn1ncc(Cl)c1S(=O)(=O)NCC(O)CO. The molecule has 0 bridgehead atoms. The average molecular weight is 270 g/mol. The Morgan fingerprint density at radius 2 is 2.31 bits per heavy atom. The zero-order chi connectivity index (χ0) is 12.3. The van der Waals surface area contributed by atoms with Gasteiger partial charge in [0.2, 0.25) is 0 Å². The maximum absolute atomic E-state index is 11.7. The van der Waals surface area contributed by atoms with Crippen LogP contribution in [0.5, 0.6) is 0 Å². The summed E-state index contributed by atoms with van der Waals surface area (Å²) < 4.78 is 26.6. The molecule has 0 aliphatic heterocycles. The van der Waals surface area contributed by atoms with Gasteiger partial charge in [-0.05, 0) is 0 Å². The third kappa shape index (κ3) is 2.92. The van der Waals surface area contributed by atoms with Crippen LogP contribution in [0.2, 0.25) is 5.02 Å². The van der Waals surface area contributed by atoms with Gasteiger partial charge in [0.1, 0.15) is 0 Å². The third-order valence-corrected chi connectivity index (χ3v) is 3.75. The van der Waals surface area contributed by atoms with Gasteiger partial charge in [-0.15, -0.1) is 0 Å². The number of aliphatic hydroxyl groups is 2. The monoisotopic (exact) mass is 269 g/mol. The highest BCUT2D eigenvalue weighted by molar-refractivity contribution is 7.89. The molecule has 1 aromatic rings. The first-order chi connectivity index (χ1) is 7.38. The molecular weight excluding hydrogens is 258 g/mol. The van der Waals surface area contributed by atoms with Gasteiger partial charge in [-0.2, -0.15) is 5.10 Å². The fraction of sp³-hybridized carbons (Fsp3) is 0.571. The molecule has 3 N–H and O–H groups in total. The molecule has 1 atom stereocenters. The average Bonchev–Trinajstić information content (AvgIpc) is 2.55. The number of aromatic nitrogens is 2. The Morgan fingerprint density at radius 3 is 2.75 bits per heavy atom. The molecule has 16 heavy (non-hydrogen) atoms. The molecule has 0 aliphatic rings. The van der Waals surface area contributed by atoms with Crippen molar-refractivity contribution in [2.24, 2.45) is 7.05 Å². The van der Waals surface area contributed by atoms with Crippen LogP contribution in [0.1, 0.15) is 0 Å². The molecule has 0 fully saturated rings. The summed E-state index contributed by atoms with van der Waals surface area (Å²) in [5.41, 5.74) is 0. The van der Waals surface area contributed by atoms with Gasteiger partial charge in [0.05, 0.1) is 23.9 Å². The molecule has 1 unspecified atom stereocenters. The van der Waals surface area contributed by atoms with E-state index in [2.05, 4.69) is 9.82 Å². The number of aliphatic hydroxyl groups excluding tert-OH is 2. The number of nitrogens with one attached hydrogen (secondary N) is 1. The Hall–Kier alpha value is -0.670. The maximum atomic E-state index is 11.7. The van der Waals surface area contributed by atoms with Gasteiger partial charge < -0.3 is 10.2 Å². The van der Waals surface area contributed by atoms with Gasteiger partial charge in [0.25, 0.3) is 10.0 Å². The van der Waals surface area contributed by atoms with Crippen molar-refractivity contribution in [3.8, 4) is 0 Å². The van der Waals surface area contributed by atoms with Crippen LogP contribution in [-0.4, -0.2) is 47.7 Å². The Balaban J connectivity index is 2.87. The fourth-order valence-electron chi connectivity index (χ4n) is 1.04. The topological polar surface area (TPSA) is 104 Å². The molecule has 1 rings (SSSR count). The van der Waals surface area contributed by atoms with E-state index in [0.29, 0.717) is 0 Å². The van der Waals surface area contributed by atoms with Gasteiger partial charge in [0, 0.05) is 13.6 Å². The summed E-state index contributed by atoms with van der Waals surface area (Å²) in [4.78, 5) is 0. The summed E-state index contributed by atoms with van der Waals surface area (Å²) >= 11 is 5.66. The van der Waals surface area contributed by atoms with Crippen LogP contribution in [-0.2, 0) is 17.1 Å². The Labute approximate surface area is 97.7 Å². The molecular formula is C7H12ClN3O4S. The highest BCUT2D eigenvalue weighted by Crippen LogP contribution is 2.19. The number of rotatable bonds is 5. The van der Waals surface area contributed by atoms with E-state index < -0.39 is 22.7 Å². The van der Waals surface area contributed by atoms with E-state index in [-0.39, 0.29) is 16.6 Å². The van der Waals surface area contributed by atoms with E-state index >= 15 is 0 Å². The van der Waals surface area contributed by atoms with Crippen LogP contribution in [0.4, 0.5) is 0 Å². The van der Waals surface area contributed by atoms with Crippen LogP contribution in [0.15, 0.2) is 11.2 Å². The van der Waals surface area contributed by atoms with Crippen molar-refractivity contribution >= 4 is 21.6 Å². The highest BCUT2D eigenvalue weighted by atomic mass is 35.5. The normalized spacial score (nSPS) is 14.0. The van der Waals surface area contributed by atoms with E-state index in [1.165, 1.54) is 13.2 Å². The number of hydrogen-bond donors (Lipinski definition) is 3. The number of halogens is 1. The third-order valence-electron chi connectivity index (χ3n) is 1.82. The second-order valence-corrected chi connectivity index (χ2v) is 5.20. The first kappa shape index (κ1) is 13.4. The van der Waals surface area contributed by atoms with E-state index in [0.717, 1.165) is 4.68 Å². The molecule has 7 nitrogen and oxygen atoms in total. The lowest BCUT2D eigenvalue weighted by molar-refractivity contribution is 0.0988. The van der Waals surface area contributed by atoms with Crippen molar-refractivity contribution in [1.29, 1.82) is 0 Å². The molecule has 9 heteroatoms. The van der Waals surface area contributed by atoms with E-state index in [9.17, 15) is 8.42 Å². The van der Waals surface area contributed by atoms with Gasteiger partial charge in [0.15, 0.2) is 5.03 Å². The van der Waals surface area contributed by atoms with Crippen molar-refractivity contribution < 1.29 is 18.6 Å². The summed E-state index contributed by atoms with van der Waals surface area (Å²) in [5.74, 6) is 0. The van der Waals surface area contributed by atoms with Gasteiger partial charge in [-0.3, -0.25) is 4.68 Å². The standard InChI is InChI=1S/C7H12ClN3O4S/c1-11-7(6(8)3-9-11)16(14,15)10-2-5(13)4-12/h3,5,10,12-13H,2,4H2,1H3.